The van der Waals surface area contributed by atoms with Crippen LogP contribution in [-0.2, 0) is 4.74 Å². The maximum absolute atomic E-state index is 9.43. The van der Waals surface area contributed by atoms with Gasteiger partial charge >= 0.3 is 0 Å². The van der Waals surface area contributed by atoms with E-state index in [1.165, 1.54) is 0 Å². The molecule has 0 spiro atoms. The molecule has 3 N–H and O–H groups in total. The Labute approximate surface area is 80.6 Å². The van der Waals surface area contributed by atoms with Gasteiger partial charge < -0.3 is 20.1 Å². The van der Waals surface area contributed by atoms with Gasteiger partial charge in [0.1, 0.15) is 18.3 Å². The molecule has 5 atom stereocenters. The van der Waals surface area contributed by atoms with Crippen molar-refractivity contribution in [1.82, 2.24) is 0 Å². The van der Waals surface area contributed by atoms with Gasteiger partial charge in [-0.05, 0) is 12.5 Å². The molecule has 1 heterocycles. The minimum Gasteiger partial charge on any atom is -0.388 e. The highest BCUT2D eigenvalue weighted by Gasteiger charge is 2.41. The zero-order valence-corrected chi connectivity index (χ0v) is 7.69. The fourth-order valence-electron chi connectivity index (χ4n) is 1.40. The average Bonchev–Trinajstić information content (AvgIpc) is 2.18. The van der Waals surface area contributed by atoms with Crippen LogP contribution >= 0.6 is 0 Å². The summed E-state index contributed by atoms with van der Waals surface area (Å²) in [5.74, 6) is 0. The Morgan fingerprint density at radius 3 is 2.50 bits per heavy atom. The molecule has 7 nitrogen and oxygen atoms in total. The Balaban J connectivity index is 2.64. The first-order valence-corrected chi connectivity index (χ1v) is 4.28. The van der Waals surface area contributed by atoms with Crippen LogP contribution in [0.4, 0.5) is 0 Å². The van der Waals surface area contributed by atoms with Crippen LogP contribution in [0.1, 0.15) is 6.92 Å². The second-order valence-corrected chi connectivity index (χ2v) is 3.26. The van der Waals surface area contributed by atoms with E-state index in [4.69, 9.17) is 10.3 Å². The molecule has 0 saturated carbocycles. The molecule has 14 heavy (non-hydrogen) atoms. The number of nitrogens with zero attached hydrogens (tertiary/aromatic N) is 3. The first kappa shape index (κ1) is 11.2. The van der Waals surface area contributed by atoms with E-state index in [2.05, 4.69) is 10.0 Å². The van der Waals surface area contributed by atoms with E-state index in [0.29, 0.717) is 0 Å². The van der Waals surface area contributed by atoms with E-state index in [1.54, 1.807) is 6.92 Å². The van der Waals surface area contributed by atoms with Crippen molar-refractivity contribution < 1.29 is 20.1 Å². The first-order valence-electron chi connectivity index (χ1n) is 4.28. The number of rotatable bonds is 2. The highest BCUT2D eigenvalue weighted by Crippen LogP contribution is 2.20. The molecule has 1 saturated heterocycles. The Bertz CT molecular complexity index is 243. The molecule has 0 aromatic carbocycles. The smallest absolute Gasteiger partial charge is 0.111 e. The summed E-state index contributed by atoms with van der Waals surface area (Å²) >= 11 is 0. The first-order chi connectivity index (χ1) is 6.57. The lowest BCUT2D eigenvalue weighted by Gasteiger charge is -2.38. The zero-order chi connectivity index (χ0) is 10.7. The average molecular weight is 203 g/mol. The van der Waals surface area contributed by atoms with Crippen molar-refractivity contribution in [3.05, 3.63) is 10.4 Å². The fraction of sp³-hybridized carbons (Fsp3) is 1.00. The van der Waals surface area contributed by atoms with E-state index in [9.17, 15) is 15.3 Å². The van der Waals surface area contributed by atoms with E-state index < -0.39 is 30.5 Å². The molecule has 7 heteroatoms. The lowest BCUT2D eigenvalue weighted by molar-refractivity contribution is -0.213. The van der Waals surface area contributed by atoms with Gasteiger partial charge in [-0.2, -0.15) is 0 Å². The molecular weight excluding hydrogens is 190 g/mol. The third-order valence-electron chi connectivity index (χ3n) is 2.28. The van der Waals surface area contributed by atoms with Gasteiger partial charge in [-0.25, -0.2) is 0 Å². The standard InChI is InChI=1S/C7H13N3O4/c1-3-5(11)7(13)6(12)4(14-3)2-9-10-8/h3-7,11-13H,2H2,1H3/t3-,4?,5?,6+,7-/m1/s1. The van der Waals surface area contributed by atoms with Gasteiger partial charge in [0, 0.05) is 4.91 Å². The summed E-state index contributed by atoms with van der Waals surface area (Å²) < 4.78 is 5.16. The van der Waals surface area contributed by atoms with E-state index in [0.717, 1.165) is 0 Å². The Morgan fingerprint density at radius 1 is 1.29 bits per heavy atom. The van der Waals surface area contributed by atoms with Crippen LogP contribution in [0.25, 0.3) is 10.4 Å². The number of hydrogen-bond acceptors (Lipinski definition) is 5. The van der Waals surface area contributed by atoms with Gasteiger partial charge in [0.15, 0.2) is 0 Å². The quantitative estimate of drug-likeness (QED) is 0.308. The zero-order valence-electron chi connectivity index (χ0n) is 7.69. The normalized spacial score (nSPS) is 43.0. The van der Waals surface area contributed by atoms with Crippen LogP contribution in [0.3, 0.4) is 0 Å². The molecule has 0 aliphatic carbocycles. The van der Waals surface area contributed by atoms with Crippen molar-refractivity contribution in [2.24, 2.45) is 5.11 Å². The Morgan fingerprint density at radius 2 is 1.93 bits per heavy atom. The summed E-state index contributed by atoms with van der Waals surface area (Å²) in [5.41, 5.74) is 8.08. The summed E-state index contributed by atoms with van der Waals surface area (Å²) in [4.78, 5) is 2.52. The maximum Gasteiger partial charge on any atom is 0.111 e. The molecule has 1 rings (SSSR count). The molecule has 1 aliphatic rings. The topological polar surface area (TPSA) is 119 Å². The number of hydrogen-bond donors (Lipinski definition) is 3. The Hall–Kier alpha value is -0.850. The summed E-state index contributed by atoms with van der Waals surface area (Å²) in [6.45, 7) is 1.51. The Kier molecular flexibility index (Phi) is 3.68. The van der Waals surface area contributed by atoms with Crippen molar-refractivity contribution >= 4 is 0 Å². The SMILES string of the molecule is C[C@H]1OC(CN=[N+]=[N-])[C@H](O)[C@H](O)C1O. The van der Waals surface area contributed by atoms with Crippen molar-refractivity contribution in [2.75, 3.05) is 6.54 Å². The van der Waals surface area contributed by atoms with Gasteiger partial charge in [-0.3, -0.25) is 0 Å². The molecule has 1 fully saturated rings. The van der Waals surface area contributed by atoms with Crippen molar-refractivity contribution in [3.8, 4) is 0 Å². The van der Waals surface area contributed by atoms with Crippen LogP contribution in [0, 0.1) is 0 Å². The molecular formula is C7H13N3O4. The molecule has 0 radical (unpaired) electrons. The van der Waals surface area contributed by atoms with E-state index in [-0.39, 0.29) is 6.54 Å². The van der Waals surface area contributed by atoms with Gasteiger partial charge in [0.05, 0.1) is 18.8 Å². The molecule has 0 aromatic heterocycles. The highest BCUT2D eigenvalue weighted by molar-refractivity contribution is 4.91. The predicted octanol–water partition coefficient (Wildman–Crippen LogP) is -0.833. The minimum absolute atomic E-state index is 0.0637. The molecule has 0 aromatic rings. The maximum atomic E-state index is 9.43. The van der Waals surface area contributed by atoms with Gasteiger partial charge in [0.2, 0.25) is 0 Å². The fourth-order valence-corrected chi connectivity index (χ4v) is 1.40. The number of aliphatic hydroxyl groups is 3. The number of aliphatic hydroxyl groups excluding tert-OH is 3. The molecule has 2 unspecified atom stereocenters. The number of ether oxygens (including phenoxy) is 1. The number of azide groups is 1. The monoisotopic (exact) mass is 203 g/mol. The molecule has 0 bridgehead atoms. The van der Waals surface area contributed by atoms with Crippen molar-refractivity contribution in [1.29, 1.82) is 0 Å². The molecule has 0 amide bonds. The lowest BCUT2D eigenvalue weighted by atomic mass is 9.96. The van der Waals surface area contributed by atoms with E-state index >= 15 is 0 Å². The lowest BCUT2D eigenvalue weighted by Crippen LogP contribution is -2.57. The van der Waals surface area contributed by atoms with Crippen molar-refractivity contribution in [2.45, 2.75) is 37.4 Å². The second-order valence-electron chi connectivity index (χ2n) is 3.26. The van der Waals surface area contributed by atoms with Crippen LogP contribution in [0.15, 0.2) is 5.11 Å². The van der Waals surface area contributed by atoms with Crippen LogP contribution in [0.5, 0.6) is 0 Å². The minimum atomic E-state index is -1.27. The van der Waals surface area contributed by atoms with Crippen LogP contribution in [-0.4, -0.2) is 52.4 Å². The summed E-state index contributed by atoms with van der Waals surface area (Å²) in [6, 6.07) is 0. The van der Waals surface area contributed by atoms with Gasteiger partial charge in [-0.15, -0.1) is 0 Å². The van der Waals surface area contributed by atoms with Gasteiger partial charge in [0.25, 0.3) is 0 Å². The van der Waals surface area contributed by atoms with Crippen LogP contribution in [0.2, 0.25) is 0 Å². The highest BCUT2D eigenvalue weighted by atomic mass is 16.5. The van der Waals surface area contributed by atoms with Gasteiger partial charge in [-0.1, -0.05) is 5.11 Å². The summed E-state index contributed by atoms with van der Waals surface area (Å²) in [6.07, 6.45) is -4.97. The molecule has 80 valence electrons. The van der Waals surface area contributed by atoms with Crippen molar-refractivity contribution in [3.63, 3.8) is 0 Å². The van der Waals surface area contributed by atoms with Crippen LogP contribution < -0.4 is 0 Å². The molecule has 1 aliphatic heterocycles. The predicted molar refractivity (Wildman–Crippen MR) is 46.4 cm³/mol. The summed E-state index contributed by atoms with van der Waals surface area (Å²) in [7, 11) is 0. The summed E-state index contributed by atoms with van der Waals surface area (Å²) in [5, 5.41) is 31.4. The second kappa shape index (κ2) is 4.59. The third kappa shape index (κ3) is 2.14. The largest absolute Gasteiger partial charge is 0.388 e. The third-order valence-corrected chi connectivity index (χ3v) is 2.28. The van der Waals surface area contributed by atoms with E-state index in [1.807, 2.05) is 0 Å².